The second-order valence-electron chi connectivity index (χ2n) is 2.96. The number of nitrogens with one attached hydrogen (secondary N) is 1. The summed E-state index contributed by atoms with van der Waals surface area (Å²) < 4.78 is 4.16. The van der Waals surface area contributed by atoms with E-state index >= 15 is 0 Å². The van der Waals surface area contributed by atoms with E-state index in [0.29, 0.717) is 0 Å². The first-order valence-corrected chi connectivity index (χ1v) is 4.76. The van der Waals surface area contributed by atoms with Crippen molar-refractivity contribution in [2.24, 2.45) is 0 Å². The Morgan fingerprint density at radius 3 is 3.00 bits per heavy atom. The van der Waals surface area contributed by atoms with Gasteiger partial charge >= 0.3 is 0 Å². The highest BCUT2D eigenvalue weighted by Crippen LogP contribution is 2.21. The van der Waals surface area contributed by atoms with E-state index in [4.69, 9.17) is 0 Å². The van der Waals surface area contributed by atoms with Crippen molar-refractivity contribution in [1.29, 1.82) is 0 Å². The van der Waals surface area contributed by atoms with Crippen LogP contribution < -0.4 is 5.32 Å². The molecule has 1 aromatic heterocycles. The Kier molecular flexibility index (Phi) is 2.08. The third-order valence-electron chi connectivity index (χ3n) is 2.01. The Morgan fingerprint density at radius 2 is 2.50 bits per heavy atom. The van der Waals surface area contributed by atoms with Crippen LogP contribution in [0.15, 0.2) is 0 Å². The van der Waals surface area contributed by atoms with Crippen molar-refractivity contribution >= 4 is 11.5 Å². The molecule has 0 aliphatic carbocycles. The van der Waals surface area contributed by atoms with Gasteiger partial charge in [0, 0.05) is 0 Å². The first-order valence-electron chi connectivity index (χ1n) is 3.99. The van der Waals surface area contributed by atoms with Crippen molar-refractivity contribution in [2.75, 3.05) is 6.54 Å². The summed E-state index contributed by atoms with van der Waals surface area (Å²) in [7, 11) is 0. The molecule has 0 bridgehead atoms. The summed E-state index contributed by atoms with van der Waals surface area (Å²) in [6, 6.07) is -0.0463. The Hall–Kier alpha value is -0.520. The molecular formula is C7H11N3OS. The van der Waals surface area contributed by atoms with E-state index < -0.39 is 0 Å². The standard InChI is InChI=1S/C7H11N3OS/c1-4-9-7(10-12-4)6-5(11)2-3-8-6/h5-6,8,11H,2-3H2,1H3. The molecule has 1 aliphatic rings. The number of aliphatic hydroxyl groups is 1. The van der Waals surface area contributed by atoms with Gasteiger partial charge < -0.3 is 10.4 Å². The van der Waals surface area contributed by atoms with E-state index in [0.717, 1.165) is 23.8 Å². The number of rotatable bonds is 1. The van der Waals surface area contributed by atoms with Crippen LogP contribution in [0, 0.1) is 6.92 Å². The topological polar surface area (TPSA) is 58.0 Å². The number of hydrogen-bond donors (Lipinski definition) is 2. The molecule has 66 valence electrons. The van der Waals surface area contributed by atoms with Crippen molar-refractivity contribution in [3.63, 3.8) is 0 Å². The van der Waals surface area contributed by atoms with Gasteiger partial charge in [-0.2, -0.15) is 4.37 Å². The van der Waals surface area contributed by atoms with Gasteiger partial charge in [0.15, 0.2) is 5.82 Å². The Bertz CT molecular complexity index is 275. The maximum absolute atomic E-state index is 9.51. The summed E-state index contributed by atoms with van der Waals surface area (Å²) in [6.45, 7) is 2.77. The van der Waals surface area contributed by atoms with Gasteiger partial charge in [-0.3, -0.25) is 0 Å². The number of hydrogen-bond acceptors (Lipinski definition) is 5. The van der Waals surface area contributed by atoms with E-state index in [9.17, 15) is 5.11 Å². The van der Waals surface area contributed by atoms with Crippen LogP contribution >= 0.6 is 11.5 Å². The molecule has 1 saturated heterocycles. The van der Waals surface area contributed by atoms with Gasteiger partial charge in [-0.15, -0.1) is 0 Å². The third-order valence-corrected chi connectivity index (χ3v) is 2.64. The average Bonchev–Trinajstić information content (AvgIpc) is 2.58. The van der Waals surface area contributed by atoms with Crippen molar-refractivity contribution < 1.29 is 5.11 Å². The maximum atomic E-state index is 9.51. The smallest absolute Gasteiger partial charge is 0.162 e. The summed E-state index contributed by atoms with van der Waals surface area (Å²) in [4.78, 5) is 4.23. The highest BCUT2D eigenvalue weighted by molar-refractivity contribution is 7.05. The van der Waals surface area contributed by atoms with Crippen molar-refractivity contribution in [1.82, 2.24) is 14.7 Å². The molecule has 12 heavy (non-hydrogen) atoms. The fourth-order valence-corrected chi connectivity index (χ4v) is 1.91. The largest absolute Gasteiger partial charge is 0.391 e. The van der Waals surface area contributed by atoms with Crippen molar-refractivity contribution in [3.8, 4) is 0 Å². The van der Waals surface area contributed by atoms with Crippen molar-refractivity contribution in [3.05, 3.63) is 10.8 Å². The summed E-state index contributed by atoms with van der Waals surface area (Å²) >= 11 is 1.38. The molecule has 4 nitrogen and oxygen atoms in total. The van der Waals surface area contributed by atoms with Gasteiger partial charge in [-0.05, 0) is 31.4 Å². The Morgan fingerprint density at radius 1 is 1.67 bits per heavy atom. The van der Waals surface area contributed by atoms with E-state index in [1.54, 1.807) is 0 Å². The summed E-state index contributed by atoms with van der Waals surface area (Å²) in [5, 5.41) is 13.6. The molecule has 0 radical (unpaired) electrons. The minimum atomic E-state index is -0.320. The van der Waals surface area contributed by atoms with Crippen molar-refractivity contribution in [2.45, 2.75) is 25.5 Å². The highest BCUT2D eigenvalue weighted by Gasteiger charge is 2.28. The second-order valence-corrected chi connectivity index (χ2v) is 3.92. The highest BCUT2D eigenvalue weighted by atomic mass is 32.1. The second kappa shape index (κ2) is 3.08. The lowest BCUT2D eigenvalue weighted by Gasteiger charge is -2.09. The van der Waals surface area contributed by atoms with Crippen LogP contribution in [0.4, 0.5) is 0 Å². The zero-order valence-corrected chi connectivity index (χ0v) is 7.64. The quantitative estimate of drug-likeness (QED) is 0.658. The van der Waals surface area contributed by atoms with Gasteiger partial charge in [0.05, 0.1) is 12.1 Å². The number of nitrogens with zero attached hydrogens (tertiary/aromatic N) is 2. The van der Waals surface area contributed by atoms with Crippen LogP contribution in [0.3, 0.4) is 0 Å². The predicted octanol–water partition coefficient (Wildman–Crippen LogP) is 0.242. The van der Waals surface area contributed by atoms with Gasteiger partial charge in [-0.1, -0.05) is 0 Å². The Balaban J connectivity index is 2.19. The van der Waals surface area contributed by atoms with Crippen LogP contribution in [0.2, 0.25) is 0 Å². The molecule has 2 rings (SSSR count). The van der Waals surface area contributed by atoms with Gasteiger partial charge in [0.1, 0.15) is 5.01 Å². The first kappa shape index (κ1) is 8.10. The fraction of sp³-hybridized carbons (Fsp3) is 0.714. The lowest BCUT2D eigenvalue weighted by Crippen LogP contribution is -2.22. The van der Waals surface area contributed by atoms with Gasteiger partial charge in [0.2, 0.25) is 0 Å². The van der Waals surface area contributed by atoms with E-state index in [-0.39, 0.29) is 12.1 Å². The molecule has 2 unspecified atom stereocenters. The molecule has 0 saturated carbocycles. The summed E-state index contributed by atoms with van der Waals surface area (Å²) in [5.41, 5.74) is 0. The molecule has 2 atom stereocenters. The summed E-state index contributed by atoms with van der Waals surface area (Å²) in [6.07, 6.45) is 0.474. The molecule has 0 spiro atoms. The maximum Gasteiger partial charge on any atom is 0.162 e. The molecule has 2 heterocycles. The van der Waals surface area contributed by atoms with Crippen LogP contribution in [-0.2, 0) is 0 Å². The van der Waals surface area contributed by atoms with Crippen LogP contribution in [-0.4, -0.2) is 27.1 Å². The monoisotopic (exact) mass is 185 g/mol. The first-order chi connectivity index (χ1) is 5.77. The molecule has 5 heteroatoms. The van der Waals surface area contributed by atoms with Crippen LogP contribution in [0.1, 0.15) is 23.3 Å². The minimum absolute atomic E-state index is 0.0463. The molecular weight excluding hydrogens is 174 g/mol. The molecule has 1 aliphatic heterocycles. The van der Waals surface area contributed by atoms with Crippen LogP contribution in [0.25, 0.3) is 0 Å². The SMILES string of the molecule is Cc1nc(C2NCCC2O)ns1. The van der Waals surface area contributed by atoms with E-state index in [2.05, 4.69) is 14.7 Å². The van der Waals surface area contributed by atoms with Gasteiger partial charge in [0.25, 0.3) is 0 Å². The van der Waals surface area contributed by atoms with Gasteiger partial charge in [-0.25, -0.2) is 4.98 Å². The lowest BCUT2D eigenvalue weighted by molar-refractivity contribution is 0.157. The number of aryl methyl sites for hydroxylation is 1. The van der Waals surface area contributed by atoms with Crippen LogP contribution in [0.5, 0.6) is 0 Å². The molecule has 0 aromatic carbocycles. The zero-order chi connectivity index (χ0) is 8.55. The predicted molar refractivity (Wildman–Crippen MR) is 46.0 cm³/mol. The number of aliphatic hydroxyl groups excluding tert-OH is 1. The molecule has 0 amide bonds. The third kappa shape index (κ3) is 1.35. The fourth-order valence-electron chi connectivity index (χ4n) is 1.39. The number of aromatic nitrogens is 2. The lowest BCUT2D eigenvalue weighted by atomic mass is 10.2. The molecule has 2 N–H and O–H groups in total. The molecule has 1 aromatic rings. The van der Waals surface area contributed by atoms with E-state index in [1.165, 1.54) is 11.5 Å². The average molecular weight is 185 g/mol. The van der Waals surface area contributed by atoms with E-state index in [1.807, 2.05) is 6.92 Å². The molecule has 1 fully saturated rings. The minimum Gasteiger partial charge on any atom is -0.391 e. The zero-order valence-electron chi connectivity index (χ0n) is 6.82. The Labute approximate surface area is 74.8 Å². The summed E-state index contributed by atoms with van der Waals surface area (Å²) in [5.74, 6) is 0.738. The normalized spacial score (nSPS) is 29.5.